The summed E-state index contributed by atoms with van der Waals surface area (Å²) >= 11 is 1.50. The fourth-order valence-corrected chi connectivity index (χ4v) is 2.51. The number of hydrogen-bond acceptors (Lipinski definition) is 5. The first-order chi connectivity index (χ1) is 9.47. The van der Waals surface area contributed by atoms with E-state index in [4.69, 9.17) is 0 Å². The molecule has 3 rings (SSSR count). The number of nitrogens with one attached hydrogen (secondary N) is 1. The summed E-state index contributed by atoms with van der Waals surface area (Å²) in [7, 11) is 0. The second-order valence-electron chi connectivity index (χ2n) is 5.60. The number of thiazole rings is 1. The summed E-state index contributed by atoms with van der Waals surface area (Å²) in [6, 6.07) is 0. The van der Waals surface area contributed by atoms with Crippen LogP contribution >= 0.6 is 11.3 Å². The average molecular weight is 286 g/mol. The van der Waals surface area contributed by atoms with E-state index >= 15 is 0 Å². The number of Topliss-reactive ketones (excluding diaryl/α,β-unsaturated/α-hetero) is 1. The first-order valence-corrected chi connectivity index (χ1v) is 7.12. The molecule has 3 aromatic heterocycles. The smallest absolute Gasteiger partial charge is 0.171 e. The molecule has 0 bridgehead atoms. The SMILES string of the molecule is CC(C)(C)C(=O)c1c[nH]c2ncc(-c3cncs3)nc12. The molecule has 0 aliphatic carbocycles. The molecule has 0 aliphatic rings. The van der Waals surface area contributed by atoms with Crippen LogP contribution < -0.4 is 0 Å². The van der Waals surface area contributed by atoms with Crippen molar-refractivity contribution in [3.8, 4) is 10.6 Å². The van der Waals surface area contributed by atoms with Crippen molar-refractivity contribution in [3.63, 3.8) is 0 Å². The Morgan fingerprint density at radius 3 is 2.75 bits per heavy atom. The molecule has 3 aromatic rings. The zero-order valence-electron chi connectivity index (χ0n) is 11.5. The van der Waals surface area contributed by atoms with Crippen LogP contribution in [-0.4, -0.2) is 25.7 Å². The number of ketones is 1. The topological polar surface area (TPSA) is 71.5 Å². The van der Waals surface area contributed by atoms with Gasteiger partial charge in [-0.05, 0) is 0 Å². The minimum atomic E-state index is -0.447. The van der Waals surface area contributed by atoms with Crippen molar-refractivity contribution >= 4 is 28.3 Å². The molecular weight excluding hydrogens is 272 g/mol. The van der Waals surface area contributed by atoms with Crippen LogP contribution in [0.4, 0.5) is 0 Å². The third-order valence-electron chi connectivity index (χ3n) is 2.99. The summed E-state index contributed by atoms with van der Waals surface area (Å²) in [4.78, 5) is 29.3. The fraction of sp³-hybridized carbons (Fsp3) is 0.286. The molecule has 0 radical (unpaired) electrons. The van der Waals surface area contributed by atoms with E-state index < -0.39 is 5.41 Å². The molecule has 0 amide bonds. The molecule has 5 nitrogen and oxygen atoms in total. The van der Waals surface area contributed by atoms with Gasteiger partial charge in [-0.3, -0.25) is 9.78 Å². The highest BCUT2D eigenvalue weighted by molar-refractivity contribution is 7.13. The highest BCUT2D eigenvalue weighted by Gasteiger charge is 2.26. The molecule has 0 spiro atoms. The minimum Gasteiger partial charge on any atom is -0.344 e. The second-order valence-corrected chi connectivity index (χ2v) is 6.49. The van der Waals surface area contributed by atoms with E-state index in [9.17, 15) is 4.79 Å². The van der Waals surface area contributed by atoms with Crippen LogP contribution in [0.25, 0.3) is 21.7 Å². The fourth-order valence-electron chi connectivity index (χ4n) is 1.93. The molecule has 0 aliphatic heterocycles. The number of rotatable bonds is 2. The molecule has 6 heteroatoms. The third kappa shape index (κ3) is 2.12. The quantitative estimate of drug-likeness (QED) is 0.734. The standard InChI is InChI=1S/C14H14N4OS/c1-14(2,3)12(19)8-4-16-13-11(8)18-9(5-17-13)10-6-15-7-20-10/h4-7H,1-3H3,(H,16,17). The van der Waals surface area contributed by atoms with Gasteiger partial charge in [-0.15, -0.1) is 11.3 Å². The monoisotopic (exact) mass is 286 g/mol. The van der Waals surface area contributed by atoms with Crippen LogP contribution in [0.15, 0.2) is 24.1 Å². The molecule has 0 aromatic carbocycles. The normalized spacial score (nSPS) is 11.9. The number of hydrogen-bond donors (Lipinski definition) is 1. The van der Waals surface area contributed by atoms with Gasteiger partial charge in [0.15, 0.2) is 11.4 Å². The molecule has 0 saturated carbocycles. The summed E-state index contributed by atoms with van der Waals surface area (Å²) in [5.41, 5.74) is 3.88. The third-order valence-corrected chi connectivity index (χ3v) is 3.79. The lowest BCUT2D eigenvalue weighted by Gasteiger charge is -2.15. The molecule has 3 heterocycles. The Kier molecular flexibility index (Phi) is 2.90. The maximum absolute atomic E-state index is 12.4. The van der Waals surface area contributed by atoms with Crippen molar-refractivity contribution in [1.29, 1.82) is 0 Å². The number of carbonyl (C=O) groups excluding carboxylic acids is 1. The van der Waals surface area contributed by atoms with Crippen LogP contribution in [0.1, 0.15) is 31.1 Å². The highest BCUT2D eigenvalue weighted by Crippen LogP contribution is 2.27. The summed E-state index contributed by atoms with van der Waals surface area (Å²) in [6.45, 7) is 5.69. The van der Waals surface area contributed by atoms with Gasteiger partial charge >= 0.3 is 0 Å². The summed E-state index contributed by atoms with van der Waals surface area (Å²) < 4.78 is 0. The van der Waals surface area contributed by atoms with Gasteiger partial charge in [-0.25, -0.2) is 9.97 Å². The van der Waals surface area contributed by atoms with E-state index in [0.717, 1.165) is 10.6 Å². The minimum absolute atomic E-state index is 0.0551. The Morgan fingerprint density at radius 1 is 1.30 bits per heavy atom. The summed E-state index contributed by atoms with van der Waals surface area (Å²) in [6.07, 6.45) is 5.13. The second kappa shape index (κ2) is 4.49. The van der Waals surface area contributed by atoms with E-state index in [1.165, 1.54) is 11.3 Å². The van der Waals surface area contributed by atoms with Crippen LogP contribution in [0.3, 0.4) is 0 Å². The zero-order valence-corrected chi connectivity index (χ0v) is 12.3. The van der Waals surface area contributed by atoms with E-state index in [2.05, 4.69) is 19.9 Å². The molecule has 0 unspecified atom stereocenters. The Bertz CT molecular complexity index is 768. The Morgan fingerprint density at radius 2 is 2.10 bits per heavy atom. The molecule has 0 saturated heterocycles. The number of aromatic nitrogens is 4. The number of H-pyrrole nitrogens is 1. The van der Waals surface area contributed by atoms with Crippen molar-refractivity contribution in [2.24, 2.45) is 5.41 Å². The van der Waals surface area contributed by atoms with Gasteiger partial charge in [-0.1, -0.05) is 20.8 Å². The number of aromatic amines is 1. The van der Waals surface area contributed by atoms with E-state index in [-0.39, 0.29) is 5.78 Å². The molecule has 20 heavy (non-hydrogen) atoms. The van der Waals surface area contributed by atoms with E-state index in [1.807, 2.05) is 20.8 Å². The van der Waals surface area contributed by atoms with Crippen molar-refractivity contribution < 1.29 is 4.79 Å². The highest BCUT2D eigenvalue weighted by atomic mass is 32.1. The Hall–Kier alpha value is -2.08. The van der Waals surface area contributed by atoms with Crippen LogP contribution in [0.2, 0.25) is 0 Å². The molecule has 1 N–H and O–H groups in total. The lowest BCUT2D eigenvalue weighted by molar-refractivity contribution is 0.0860. The van der Waals surface area contributed by atoms with Crippen LogP contribution in [-0.2, 0) is 0 Å². The van der Waals surface area contributed by atoms with Gasteiger partial charge in [0.05, 0.1) is 22.1 Å². The maximum Gasteiger partial charge on any atom is 0.171 e. The zero-order chi connectivity index (χ0) is 14.3. The summed E-state index contributed by atoms with van der Waals surface area (Å²) in [5, 5.41) is 0. The van der Waals surface area contributed by atoms with Gasteiger partial charge < -0.3 is 4.98 Å². The largest absolute Gasteiger partial charge is 0.344 e. The lowest BCUT2D eigenvalue weighted by Crippen LogP contribution is -2.20. The molecule has 0 fully saturated rings. The number of carbonyl (C=O) groups is 1. The average Bonchev–Trinajstić information content (AvgIpc) is 3.05. The van der Waals surface area contributed by atoms with Crippen molar-refractivity contribution in [2.75, 3.05) is 0 Å². The Labute approximate surface area is 120 Å². The Balaban J connectivity index is 2.16. The van der Waals surface area contributed by atoms with Crippen molar-refractivity contribution in [3.05, 3.63) is 29.7 Å². The lowest BCUT2D eigenvalue weighted by atomic mass is 9.87. The van der Waals surface area contributed by atoms with Crippen LogP contribution in [0.5, 0.6) is 0 Å². The predicted molar refractivity (Wildman–Crippen MR) is 78.8 cm³/mol. The summed E-state index contributed by atoms with van der Waals surface area (Å²) in [5.74, 6) is 0.0551. The van der Waals surface area contributed by atoms with Gasteiger partial charge in [-0.2, -0.15) is 0 Å². The molecule has 102 valence electrons. The van der Waals surface area contributed by atoms with Gasteiger partial charge in [0.25, 0.3) is 0 Å². The van der Waals surface area contributed by atoms with E-state index in [0.29, 0.717) is 16.7 Å². The van der Waals surface area contributed by atoms with Gasteiger partial charge in [0.1, 0.15) is 11.2 Å². The van der Waals surface area contributed by atoms with Crippen molar-refractivity contribution in [1.82, 2.24) is 19.9 Å². The van der Waals surface area contributed by atoms with Gasteiger partial charge in [0, 0.05) is 17.8 Å². The molecular formula is C14H14N4OS. The first-order valence-electron chi connectivity index (χ1n) is 6.24. The van der Waals surface area contributed by atoms with Crippen LogP contribution in [0, 0.1) is 5.41 Å². The predicted octanol–water partition coefficient (Wildman–Crippen LogP) is 3.31. The van der Waals surface area contributed by atoms with Gasteiger partial charge in [0.2, 0.25) is 0 Å². The number of fused-ring (bicyclic) bond motifs is 1. The van der Waals surface area contributed by atoms with Crippen molar-refractivity contribution in [2.45, 2.75) is 20.8 Å². The van der Waals surface area contributed by atoms with E-state index in [1.54, 1.807) is 24.1 Å². The first kappa shape index (κ1) is 12.9. The number of nitrogens with zero attached hydrogens (tertiary/aromatic N) is 3. The maximum atomic E-state index is 12.4. The molecule has 0 atom stereocenters.